The first kappa shape index (κ1) is 17.7. The molecule has 22 heavy (non-hydrogen) atoms. The van der Waals surface area contributed by atoms with Crippen molar-refractivity contribution >= 4 is 5.91 Å². The molecule has 2 rings (SSSR count). The molecule has 6 nitrogen and oxygen atoms in total. The minimum atomic E-state index is -0.312. The van der Waals surface area contributed by atoms with Crippen molar-refractivity contribution in [2.45, 2.75) is 19.8 Å². The highest BCUT2D eigenvalue weighted by molar-refractivity contribution is 5.83. The summed E-state index contributed by atoms with van der Waals surface area (Å²) in [4.78, 5) is 17.4. The monoisotopic (exact) mass is 313 g/mol. The predicted molar refractivity (Wildman–Crippen MR) is 85.9 cm³/mol. The molecule has 128 valence electrons. The lowest BCUT2D eigenvalue weighted by Crippen LogP contribution is -2.56. The average Bonchev–Trinajstić information content (AvgIpc) is 2.56. The van der Waals surface area contributed by atoms with Gasteiger partial charge in [0.2, 0.25) is 5.91 Å². The van der Waals surface area contributed by atoms with Gasteiger partial charge >= 0.3 is 0 Å². The minimum absolute atomic E-state index is 0.292. The van der Waals surface area contributed by atoms with E-state index in [1.54, 1.807) is 7.11 Å². The van der Waals surface area contributed by atoms with Crippen molar-refractivity contribution in [3.05, 3.63) is 0 Å². The van der Waals surface area contributed by atoms with Gasteiger partial charge < -0.3 is 19.7 Å². The van der Waals surface area contributed by atoms with Crippen molar-refractivity contribution in [2.24, 2.45) is 5.41 Å². The second-order valence-electron chi connectivity index (χ2n) is 6.29. The number of carbonyl (C=O) groups is 1. The minimum Gasteiger partial charge on any atom is -0.384 e. The highest BCUT2D eigenvalue weighted by Gasteiger charge is 2.42. The molecule has 6 heteroatoms. The maximum Gasteiger partial charge on any atom is 0.231 e. The maximum absolute atomic E-state index is 13.0. The number of piperidine rings is 1. The summed E-state index contributed by atoms with van der Waals surface area (Å²) in [6.07, 6.45) is 1.76. The van der Waals surface area contributed by atoms with Gasteiger partial charge in [-0.25, -0.2) is 0 Å². The van der Waals surface area contributed by atoms with Crippen LogP contribution in [0.3, 0.4) is 0 Å². The van der Waals surface area contributed by atoms with Crippen LogP contribution in [-0.2, 0) is 14.3 Å². The third kappa shape index (κ3) is 4.41. The molecule has 0 aromatic heterocycles. The zero-order valence-corrected chi connectivity index (χ0v) is 14.1. The number of nitrogens with zero attached hydrogens (tertiary/aromatic N) is 2. The molecule has 1 amide bonds. The number of rotatable bonds is 7. The number of nitrogens with one attached hydrogen (secondary N) is 1. The van der Waals surface area contributed by atoms with Gasteiger partial charge in [0.05, 0.1) is 18.6 Å². The Bertz CT molecular complexity index is 332. The largest absolute Gasteiger partial charge is 0.384 e. The lowest BCUT2D eigenvalue weighted by atomic mass is 9.78. The Kier molecular flexibility index (Phi) is 7.08. The number of piperazine rings is 1. The highest BCUT2D eigenvalue weighted by atomic mass is 16.5. The summed E-state index contributed by atoms with van der Waals surface area (Å²) in [5, 5.41) is 3.34. The third-order valence-corrected chi connectivity index (χ3v) is 4.85. The molecule has 0 aromatic carbocycles. The number of hydrogen-bond acceptors (Lipinski definition) is 5. The van der Waals surface area contributed by atoms with Crippen LogP contribution in [0, 0.1) is 5.41 Å². The first-order chi connectivity index (χ1) is 10.7. The standard InChI is InChI=1S/C16H31N3O3/c1-3-22-13-12-18-8-10-19(11-9-18)15(20)16(14-21-2)4-6-17-7-5-16/h17H,3-14H2,1-2H3. The summed E-state index contributed by atoms with van der Waals surface area (Å²) in [5.41, 5.74) is -0.312. The van der Waals surface area contributed by atoms with Gasteiger partial charge in [-0.15, -0.1) is 0 Å². The van der Waals surface area contributed by atoms with E-state index in [2.05, 4.69) is 10.2 Å². The number of ether oxygens (including phenoxy) is 2. The zero-order chi connectivity index (χ0) is 15.8. The second-order valence-corrected chi connectivity index (χ2v) is 6.29. The van der Waals surface area contributed by atoms with Crippen LogP contribution < -0.4 is 5.32 Å². The molecule has 0 unspecified atom stereocenters. The Morgan fingerprint density at radius 1 is 1.18 bits per heavy atom. The van der Waals surface area contributed by atoms with Gasteiger partial charge in [0.25, 0.3) is 0 Å². The summed E-state index contributed by atoms with van der Waals surface area (Å²) in [6.45, 7) is 10.4. The van der Waals surface area contributed by atoms with Crippen LogP contribution in [-0.4, -0.2) is 88.5 Å². The van der Waals surface area contributed by atoms with E-state index in [0.29, 0.717) is 12.5 Å². The normalized spacial score (nSPS) is 22.7. The van der Waals surface area contributed by atoms with Crippen LogP contribution in [0.25, 0.3) is 0 Å². The van der Waals surface area contributed by atoms with E-state index in [1.165, 1.54) is 0 Å². The molecule has 1 N–H and O–H groups in total. The van der Waals surface area contributed by atoms with Gasteiger partial charge in [-0.05, 0) is 32.9 Å². The quantitative estimate of drug-likeness (QED) is 0.680. The van der Waals surface area contributed by atoms with Gasteiger partial charge in [-0.2, -0.15) is 0 Å². The number of amides is 1. The van der Waals surface area contributed by atoms with Crippen LogP contribution in [0.15, 0.2) is 0 Å². The summed E-state index contributed by atoms with van der Waals surface area (Å²) >= 11 is 0. The van der Waals surface area contributed by atoms with Crippen LogP contribution in [0.4, 0.5) is 0 Å². The first-order valence-corrected chi connectivity index (χ1v) is 8.51. The topological polar surface area (TPSA) is 54.0 Å². The van der Waals surface area contributed by atoms with Crippen molar-refractivity contribution in [3.8, 4) is 0 Å². The lowest BCUT2D eigenvalue weighted by Gasteiger charge is -2.42. The third-order valence-electron chi connectivity index (χ3n) is 4.85. The van der Waals surface area contributed by atoms with E-state index >= 15 is 0 Å². The molecule has 0 aliphatic carbocycles. The summed E-state index contributed by atoms with van der Waals surface area (Å²) in [5.74, 6) is 0.292. The molecule has 0 bridgehead atoms. The Morgan fingerprint density at radius 3 is 2.45 bits per heavy atom. The van der Waals surface area contributed by atoms with Crippen molar-refractivity contribution in [1.82, 2.24) is 15.1 Å². The van der Waals surface area contributed by atoms with Gasteiger partial charge in [0.1, 0.15) is 0 Å². The van der Waals surface area contributed by atoms with Crippen molar-refractivity contribution in [2.75, 3.05) is 72.7 Å². The smallest absolute Gasteiger partial charge is 0.231 e. The fraction of sp³-hybridized carbons (Fsp3) is 0.938. The Hall–Kier alpha value is -0.690. The van der Waals surface area contributed by atoms with Crippen molar-refractivity contribution in [3.63, 3.8) is 0 Å². The molecule has 0 atom stereocenters. The predicted octanol–water partition coefficient (Wildman–Crippen LogP) is 0.183. The van der Waals surface area contributed by atoms with Gasteiger partial charge in [0.15, 0.2) is 0 Å². The lowest BCUT2D eigenvalue weighted by molar-refractivity contribution is -0.149. The summed E-state index contributed by atoms with van der Waals surface area (Å²) < 4.78 is 10.8. The maximum atomic E-state index is 13.0. The van der Waals surface area contributed by atoms with Gasteiger partial charge in [-0.1, -0.05) is 0 Å². The summed E-state index contributed by atoms with van der Waals surface area (Å²) in [7, 11) is 1.70. The molecule has 0 radical (unpaired) electrons. The Balaban J connectivity index is 1.85. The van der Waals surface area contributed by atoms with E-state index in [4.69, 9.17) is 9.47 Å². The molecule has 2 saturated heterocycles. The molecular formula is C16H31N3O3. The van der Waals surface area contributed by atoms with Gasteiger partial charge in [0, 0.05) is 46.4 Å². The average molecular weight is 313 g/mol. The Morgan fingerprint density at radius 2 is 1.86 bits per heavy atom. The van der Waals surface area contributed by atoms with Crippen LogP contribution >= 0.6 is 0 Å². The molecular weight excluding hydrogens is 282 g/mol. The molecule has 2 aliphatic rings. The number of hydrogen-bond donors (Lipinski definition) is 1. The first-order valence-electron chi connectivity index (χ1n) is 8.51. The second kappa shape index (κ2) is 8.82. The zero-order valence-electron chi connectivity index (χ0n) is 14.1. The van der Waals surface area contributed by atoms with Crippen LogP contribution in [0.2, 0.25) is 0 Å². The molecule has 2 heterocycles. The van der Waals surface area contributed by atoms with Crippen LogP contribution in [0.1, 0.15) is 19.8 Å². The van der Waals surface area contributed by atoms with Crippen molar-refractivity contribution in [1.29, 1.82) is 0 Å². The fourth-order valence-corrected chi connectivity index (χ4v) is 3.45. The number of carbonyl (C=O) groups excluding carboxylic acids is 1. The van der Waals surface area contributed by atoms with E-state index in [1.807, 2.05) is 11.8 Å². The SMILES string of the molecule is CCOCCN1CCN(C(=O)C2(COC)CCNCC2)CC1. The van der Waals surface area contributed by atoms with Gasteiger partial charge in [-0.3, -0.25) is 9.69 Å². The molecule has 2 fully saturated rings. The Labute approximate surface area is 134 Å². The van der Waals surface area contributed by atoms with E-state index in [0.717, 1.165) is 71.9 Å². The molecule has 0 spiro atoms. The molecule has 0 aromatic rings. The molecule has 0 saturated carbocycles. The van der Waals surface area contributed by atoms with E-state index < -0.39 is 0 Å². The van der Waals surface area contributed by atoms with Crippen molar-refractivity contribution < 1.29 is 14.3 Å². The van der Waals surface area contributed by atoms with Crippen LogP contribution in [0.5, 0.6) is 0 Å². The number of methoxy groups -OCH3 is 1. The molecule has 2 aliphatic heterocycles. The fourth-order valence-electron chi connectivity index (χ4n) is 3.45. The van der Waals surface area contributed by atoms with E-state index in [-0.39, 0.29) is 5.41 Å². The van der Waals surface area contributed by atoms with E-state index in [9.17, 15) is 4.79 Å². The summed E-state index contributed by atoms with van der Waals surface area (Å²) in [6, 6.07) is 0. The highest BCUT2D eigenvalue weighted by Crippen LogP contribution is 2.32.